The topological polar surface area (TPSA) is 34.5 Å². The van der Waals surface area contributed by atoms with Crippen molar-refractivity contribution in [3.05, 3.63) is 88.3 Å². The molecule has 4 rings (SSSR count). The van der Waals surface area contributed by atoms with Crippen LogP contribution in [-0.4, -0.2) is 28.6 Å². The number of nitrogens with zero attached hydrogens (tertiary/aromatic N) is 2. The Kier molecular flexibility index (Phi) is 6.91. The number of benzene rings is 3. The van der Waals surface area contributed by atoms with E-state index in [1.54, 1.807) is 23.1 Å². The van der Waals surface area contributed by atoms with Crippen LogP contribution in [0.2, 0.25) is 10.0 Å². The molecule has 170 valence electrons. The number of ether oxygens (including phenoxy) is 1. The zero-order valence-electron chi connectivity index (χ0n) is 18.3. The summed E-state index contributed by atoms with van der Waals surface area (Å²) in [5.74, 6) is -0.110. The Morgan fingerprint density at radius 3 is 2.39 bits per heavy atom. The van der Waals surface area contributed by atoms with Crippen LogP contribution in [0.3, 0.4) is 0 Å². The first-order valence-corrected chi connectivity index (χ1v) is 11.4. The van der Waals surface area contributed by atoms with Gasteiger partial charge in [0.25, 0.3) is 0 Å². The van der Waals surface area contributed by atoms with Crippen LogP contribution in [0.5, 0.6) is 5.75 Å². The second-order valence-electron chi connectivity index (χ2n) is 7.61. The molecule has 0 bridgehead atoms. The normalized spacial score (nSPS) is 11.1. The monoisotopic (exact) mass is 484 g/mol. The van der Waals surface area contributed by atoms with Crippen molar-refractivity contribution in [2.24, 2.45) is 0 Å². The highest BCUT2D eigenvalue weighted by atomic mass is 35.5. The quantitative estimate of drug-likeness (QED) is 0.281. The van der Waals surface area contributed by atoms with Gasteiger partial charge >= 0.3 is 6.09 Å². The van der Waals surface area contributed by atoms with Crippen molar-refractivity contribution in [1.82, 2.24) is 9.47 Å². The van der Waals surface area contributed by atoms with Gasteiger partial charge in [-0.25, -0.2) is 9.18 Å². The highest BCUT2D eigenvalue weighted by Crippen LogP contribution is 2.39. The van der Waals surface area contributed by atoms with Crippen LogP contribution in [-0.2, 0) is 6.54 Å². The van der Waals surface area contributed by atoms with E-state index in [0.717, 1.165) is 16.5 Å². The number of amides is 1. The first-order valence-electron chi connectivity index (χ1n) is 10.7. The molecule has 0 radical (unpaired) electrons. The molecule has 4 aromatic rings. The number of carbonyl (C=O) groups is 1. The number of hydrogen-bond donors (Lipinski definition) is 0. The van der Waals surface area contributed by atoms with Crippen LogP contribution >= 0.6 is 23.2 Å². The van der Waals surface area contributed by atoms with E-state index in [2.05, 4.69) is 4.57 Å². The Hall–Kier alpha value is -3.02. The second kappa shape index (κ2) is 9.86. The lowest BCUT2D eigenvalue weighted by Gasteiger charge is -2.20. The number of hydrogen-bond acceptors (Lipinski definition) is 2. The van der Waals surface area contributed by atoms with Crippen LogP contribution in [0.15, 0.2) is 66.9 Å². The standard InChI is InChI=1S/C26H23Cl2FN2O2/c1-3-30(4-2)26(32)33-24-12-11-23-20(25(24)18-7-10-22(29)21(28)15-18)13-14-31(23)16-17-5-8-19(27)9-6-17/h5-15H,3-4,16H2,1-2H3. The molecule has 0 aliphatic carbocycles. The highest BCUT2D eigenvalue weighted by Gasteiger charge is 2.19. The van der Waals surface area contributed by atoms with Gasteiger partial charge < -0.3 is 14.2 Å². The molecule has 4 nitrogen and oxygen atoms in total. The van der Waals surface area contributed by atoms with E-state index in [9.17, 15) is 9.18 Å². The second-order valence-corrected chi connectivity index (χ2v) is 8.45. The van der Waals surface area contributed by atoms with Gasteiger partial charge in [0.05, 0.1) is 5.02 Å². The van der Waals surface area contributed by atoms with E-state index in [4.69, 9.17) is 27.9 Å². The van der Waals surface area contributed by atoms with Crippen molar-refractivity contribution in [2.75, 3.05) is 13.1 Å². The number of carbonyl (C=O) groups excluding carboxylic acids is 1. The lowest BCUT2D eigenvalue weighted by Crippen LogP contribution is -2.33. The smallest absolute Gasteiger partial charge is 0.410 e. The van der Waals surface area contributed by atoms with E-state index in [0.29, 0.717) is 41.5 Å². The average molecular weight is 485 g/mol. The summed E-state index contributed by atoms with van der Waals surface area (Å²) in [4.78, 5) is 14.3. The summed E-state index contributed by atoms with van der Waals surface area (Å²) in [5, 5.41) is 1.56. The molecule has 7 heteroatoms. The zero-order valence-corrected chi connectivity index (χ0v) is 19.8. The van der Waals surface area contributed by atoms with Crippen LogP contribution < -0.4 is 4.74 Å². The van der Waals surface area contributed by atoms with Crippen molar-refractivity contribution in [1.29, 1.82) is 0 Å². The lowest BCUT2D eigenvalue weighted by atomic mass is 10.0. The minimum Gasteiger partial charge on any atom is -0.410 e. The van der Waals surface area contributed by atoms with Crippen molar-refractivity contribution >= 4 is 40.2 Å². The maximum Gasteiger partial charge on any atom is 0.415 e. The first-order chi connectivity index (χ1) is 15.9. The molecule has 1 aromatic heterocycles. The third kappa shape index (κ3) is 4.85. The lowest BCUT2D eigenvalue weighted by molar-refractivity contribution is 0.157. The van der Waals surface area contributed by atoms with E-state index in [-0.39, 0.29) is 5.02 Å². The SMILES string of the molecule is CCN(CC)C(=O)Oc1ccc2c(ccn2Cc2ccc(Cl)cc2)c1-c1ccc(F)c(Cl)c1. The molecule has 0 unspecified atom stereocenters. The van der Waals surface area contributed by atoms with Gasteiger partial charge in [-0.3, -0.25) is 0 Å². The summed E-state index contributed by atoms with van der Waals surface area (Å²) >= 11 is 12.1. The molecular weight excluding hydrogens is 462 g/mol. The maximum atomic E-state index is 13.9. The van der Waals surface area contributed by atoms with Gasteiger partial charge in [0.1, 0.15) is 11.6 Å². The van der Waals surface area contributed by atoms with Gasteiger partial charge in [-0.05, 0) is 67.4 Å². The van der Waals surface area contributed by atoms with Gasteiger partial charge in [0.15, 0.2) is 0 Å². The Balaban J connectivity index is 1.82. The van der Waals surface area contributed by atoms with Crippen molar-refractivity contribution in [3.63, 3.8) is 0 Å². The molecule has 3 aromatic carbocycles. The summed E-state index contributed by atoms with van der Waals surface area (Å²) in [6.45, 7) is 5.50. The van der Waals surface area contributed by atoms with Crippen LogP contribution in [0.1, 0.15) is 19.4 Å². The molecule has 0 N–H and O–H groups in total. The third-order valence-corrected chi connectivity index (χ3v) is 6.15. The van der Waals surface area contributed by atoms with Gasteiger partial charge in [-0.2, -0.15) is 0 Å². The minimum absolute atomic E-state index is 0.00567. The van der Waals surface area contributed by atoms with Gasteiger partial charge in [-0.1, -0.05) is 41.4 Å². The van der Waals surface area contributed by atoms with Gasteiger partial charge in [-0.15, -0.1) is 0 Å². The number of fused-ring (bicyclic) bond motifs is 1. The number of aromatic nitrogens is 1. The molecule has 0 atom stereocenters. The van der Waals surface area contributed by atoms with Crippen molar-refractivity contribution in [3.8, 4) is 16.9 Å². The summed E-state index contributed by atoms with van der Waals surface area (Å²) in [5.41, 5.74) is 3.40. The van der Waals surface area contributed by atoms with Crippen LogP contribution in [0.25, 0.3) is 22.0 Å². The fourth-order valence-corrected chi connectivity index (χ4v) is 4.16. The van der Waals surface area contributed by atoms with Gasteiger partial charge in [0.2, 0.25) is 0 Å². The van der Waals surface area contributed by atoms with Crippen LogP contribution in [0, 0.1) is 5.82 Å². The average Bonchev–Trinajstić information content (AvgIpc) is 3.20. The van der Waals surface area contributed by atoms with Crippen molar-refractivity contribution < 1.29 is 13.9 Å². The predicted octanol–water partition coefficient (Wildman–Crippen LogP) is 7.64. The fraction of sp³-hybridized carbons (Fsp3) is 0.192. The van der Waals surface area contributed by atoms with Crippen molar-refractivity contribution in [2.45, 2.75) is 20.4 Å². The predicted molar refractivity (Wildman–Crippen MR) is 132 cm³/mol. The van der Waals surface area contributed by atoms with Crippen LogP contribution in [0.4, 0.5) is 9.18 Å². The van der Waals surface area contributed by atoms with E-state index in [1.807, 2.05) is 56.4 Å². The third-order valence-electron chi connectivity index (χ3n) is 5.61. The summed E-state index contributed by atoms with van der Waals surface area (Å²) in [6, 6.07) is 17.9. The van der Waals surface area contributed by atoms with E-state index >= 15 is 0 Å². The Morgan fingerprint density at radius 2 is 1.73 bits per heavy atom. The molecule has 0 spiro atoms. The molecule has 1 heterocycles. The molecule has 0 saturated carbocycles. The molecule has 0 saturated heterocycles. The Morgan fingerprint density at radius 1 is 1.00 bits per heavy atom. The molecule has 0 fully saturated rings. The molecule has 0 aliphatic heterocycles. The molecular formula is C26H23Cl2FN2O2. The molecule has 33 heavy (non-hydrogen) atoms. The maximum absolute atomic E-state index is 13.9. The molecule has 0 aliphatic rings. The molecule has 1 amide bonds. The number of halogens is 3. The Labute approximate surface area is 202 Å². The Bertz CT molecular complexity index is 1300. The fourth-order valence-electron chi connectivity index (χ4n) is 3.85. The first kappa shape index (κ1) is 23.1. The van der Waals surface area contributed by atoms with E-state index in [1.165, 1.54) is 6.07 Å². The zero-order chi connectivity index (χ0) is 23.5. The van der Waals surface area contributed by atoms with Gasteiger partial charge in [0, 0.05) is 47.3 Å². The highest BCUT2D eigenvalue weighted by molar-refractivity contribution is 6.31. The minimum atomic E-state index is -0.505. The number of rotatable bonds is 6. The summed E-state index contributed by atoms with van der Waals surface area (Å²) < 4.78 is 21.8. The van der Waals surface area contributed by atoms with E-state index < -0.39 is 11.9 Å². The summed E-state index contributed by atoms with van der Waals surface area (Å²) in [6.07, 6.45) is 1.54. The largest absolute Gasteiger partial charge is 0.415 e. The summed E-state index contributed by atoms with van der Waals surface area (Å²) in [7, 11) is 0.